The highest BCUT2D eigenvalue weighted by Gasteiger charge is 2.41. The molecule has 0 N–H and O–H groups in total. The van der Waals surface area contributed by atoms with Gasteiger partial charge in [0.05, 0.1) is 4.08 Å². The zero-order chi connectivity index (χ0) is 10.9. The summed E-state index contributed by atoms with van der Waals surface area (Å²) in [5, 5.41) is 0.511. The van der Waals surface area contributed by atoms with Crippen molar-refractivity contribution in [3.8, 4) is 0 Å². The van der Waals surface area contributed by atoms with Crippen molar-refractivity contribution in [2.45, 2.75) is 42.4 Å². The standard InChI is InChI=1S/C12H20S3/c1-3-4-10-8-12(14-5-6-15-12)7-9(2)11(10)13/h7,10-11,13H,3-6,8H2,1-2H3/t10-,11-/m1/s1. The van der Waals surface area contributed by atoms with Crippen molar-refractivity contribution in [2.24, 2.45) is 5.92 Å². The molecule has 1 spiro atoms. The first-order chi connectivity index (χ1) is 7.17. The highest BCUT2D eigenvalue weighted by molar-refractivity contribution is 8.21. The molecule has 0 aromatic rings. The molecule has 2 rings (SSSR count). The molecule has 1 aliphatic heterocycles. The molecular formula is C12H20S3. The van der Waals surface area contributed by atoms with Crippen LogP contribution < -0.4 is 0 Å². The monoisotopic (exact) mass is 260 g/mol. The van der Waals surface area contributed by atoms with Crippen LogP contribution in [0.15, 0.2) is 11.6 Å². The van der Waals surface area contributed by atoms with E-state index in [1.54, 1.807) is 0 Å². The maximum atomic E-state index is 4.77. The highest BCUT2D eigenvalue weighted by atomic mass is 32.2. The van der Waals surface area contributed by atoms with Crippen LogP contribution in [0.4, 0.5) is 0 Å². The molecule has 1 heterocycles. The molecule has 1 fully saturated rings. The number of thiol groups is 1. The summed E-state index contributed by atoms with van der Waals surface area (Å²) in [6, 6.07) is 0. The van der Waals surface area contributed by atoms with Gasteiger partial charge in [-0.1, -0.05) is 25.0 Å². The topological polar surface area (TPSA) is 0 Å². The quantitative estimate of drug-likeness (QED) is 0.583. The average Bonchev–Trinajstić information content (AvgIpc) is 2.63. The van der Waals surface area contributed by atoms with E-state index in [0.717, 1.165) is 5.92 Å². The van der Waals surface area contributed by atoms with Crippen LogP contribution in [-0.4, -0.2) is 20.8 Å². The van der Waals surface area contributed by atoms with Gasteiger partial charge in [-0.05, 0) is 25.7 Å². The van der Waals surface area contributed by atoms with Gasteiger partial charge in [0.25, 0.3) is 0 Å². The Kier molecular flexibility index (Phi) is 4.06. The maximum Gasteiger partial charge on any atom is 0.0797 e. The van der Waals surface area contributed by atoms with Crippen LogP contribution in [0.1, 0.15) is 33.1 Å². The van der Waals surface area contributed by atoms with E-state index in [1.165, 1.54) is 36.3 Å². The van der Waals surface area contributed by atoms with Gasteiger partial charge in [-0.3, -0.25) is 0 Å². The fraction of sp³-hybridized carbons (Fsp3) is 0.833. The molecule has 0 radical (unpaired) electrons. The second-order valence-electron chi connectivity index (χ2n) is 4.59. The molecule has 0 bridgehead atoms. The van der Waals surface area contributed by atoms with Crippen LogP contribution in [0.25, 0.3) is 0 Å². The lowest BCUT2D eigenvalue weighted by Crippen LogP contribution is -2.31. The predicted octanol–water partition coefficient (Wildman–Crippen LogP) is 4.23. The second-order valence-corrected chi connectivity index (χ2v) is 8.26. The summed E-state index contributed by atoms with van der Waals surface area (Å²) in [6.07, 6.45) is 6.46. The number of hydrogen-bond donors (Lipinski definition) is 1. The first-order valence-electron chi connectivity index (χ1n) is 5.82. The van der Waals surface area contributed by atoms with Crippen LogP contribution in [0, 0.1) is 5.92 Å². The Hall–Kier alpha value is 0.790. The molecule has 15 heavy (non-hydrogen) atoms. The Balaban J connectivity index is 2.16. The van der Waals surface area contributed by atoms with Gasteiger partial charge in [0.15, 0.2) is 0 Å². The minimum atomic E-state index is 0.420. The van der Waals surface area contributed by atoms with Crippen LogP contribution in [-0.2, 0) is 0 Å². The van der Waals surface area contributed by atoms with Gasteiger partial charge in [-0.2, -0.15) is 12.6 Å². The first kappa shape index (κ1) is 12.3. The lowest BCUT2D eigenvalue weighted by molar-refractivity contribution is 0.436. The molecule has 1 aliphatic carbocycles. The summed E-state index contributed by atoms with van der Waals surface area (Å²) < 4.78 is 0.420. The Labute approximate surface area is 107 Å². The Morgan fingerprint density at radius 1 is 1.47 bits per heavy atom. The van der Waals surface area contributed by atoms with Crippen molar-refractivity contribution in [3.05, 3.63) is 11.6 Å². The van der Waals surface area contributed by atoms with Gasteiger partial charge in [-0.15, -0.1) is 23.5 Å². The van der Waals surface area contributed by atoms with E-state index in [-0.39, 0.29) is 0 Å². The summed E-state index contributed by atoms with van der Waals surface area (Å²) in [5.74, 6) is 3.44. The average molecular weight is 260 g/mol. The van der Waals surface area contributed by atoms with E-state index in [4.69, 9.17) is 12.6 Å². The summed E-state index contributed by atoms with van der Waals surface area (Å²) in [5.41, 5.74) is 1.50. The smallest absolute Gasteiger partial charge is 0.0797 e. The van der Waals surface area contributed by atoms with Gasteiger partial charge in [0.1, 0.15) is 0 Å². The predicted molar refractivity (Wildman–Crippen MR) is 77.2 cm³/mol. The van der Waals surface area contributed by atoms with Crippen molar-refractivity contribution in [3.63, 3.8) is 0 Å². The van der Waals surface area contributed by atoms with E-state index in [2.05, 4.69) is 43.4 Å². The minimum absolute atomic E-state index is 0.420. The van der Waals surface area contributed by atoms with Crippen molar-refractivity contribution in [1.82, 2.24) is 0 Å². The van der Waals surface area contributed by atoms with Crippen molar-refractivity contribution in [1.29, 1.82) is 0 Å². The zero-order valence-corrected chi connectivity index (χ0v) is 12.1. The summed E-state index contributed by atoms with van der Waals surface area (Å²) >= 11 is 9.08. The molecule has 0 saturated carbocycles. The Morgan fingerprint density at radius 2 is 2.13 bits per heavy atom. The molecule has 1 saturated heterocycles. The van der Waals surface area contributed by atoms with E-state index in [9.17, 15) is 0 Å². The van der Waals surface area contributed by atoms with Gasteiger partial charge in [0.2, 0.25) is 0 Å². The lowest BCUT2D eigenvalue weighted by Gasteiger charge is -2.38. The third-order valence-electron chi connectivity index (χ3n) is 3.34. The third kappa shape index (κ3) is 2.55. The first-order valence-corrected chi connectivity index (χ1v) is 8.31. The van der Waals surface area contributed by atoms with Gasteiger partial charge < -0.3 is 0 Å². The molecular weight excluding hydrogens is 240 g/mol. The largest absolute Gasteiger partial charge is 0.171 e. The summed E-state index contributed by atoms with van der Waals surface area (Å²) in [4.78, 5) is 0. The Morgan fingerprint density at radius 3 is 2.73 bits per heavy atom. The van der Waals surface area contributed by atoms with Crippen molar-refractivity contribution < 1.29 is 0 Å². The van der Waals surface area contributed by atoms with Crippen molar-refractivity contribution in [2.75, 3.05) is 11.5 Å². The van der Waals surface area contributed by atoms with Gasteiger partial charge >= 0.3 is 0 Å². The molecule has 0 unspecified atom stereocenters. The van der Waals surface area contributed by atoms with Crippen LogP contribution in [0.2, 0.25) is 0 Å². The molecule has 0 aromatic heterocycles. The maximum absolute atomic E-state index is 4.77. The fourth-order valence-corrected chi connectivity index (χ4v) is 6.36. The molecule has 2 aliphatic rings. The molecule has 0 amide bonds. The van der Waals surface area contributed by atoms with E-state index >= 15 is 0 Å². The third-order valence-corrected chi connectivity index (χ3v) is 7.50. The lowest BCUT2D eigenvalue weighted by atomic mass is 9.85. The number of hydrogen-bond acceptors (Lipinski definition) is 3. The fourth-order valence-electron chi connectivity index (χ4n) is 2.64. The Bertz CT molecular complexity index is 254. The molecule has 86 valence electrons. The summed E-state index contributed by atoms with van der Waals surface area (Å²) in [7, 11) is 0. The van der Waals surface area contributed by atoms with Crippen LogP contribution in [0.3, 0.4) is 0 Å². The molecule has 3 heteroatoms. The molecule has 0 nitrogen and oxygen atoms in total. The van der Waals surface area contributed by atoms with Crippen LogP contribution >= 0.6 is 36.2 Å². The number of thioether (sulfide) groups is 2. The SMILES string of the molecule is CCC[C@@H]1CC2(C=C(C)[C@H]1S)SCCS2. The van der Waals surface area contributed by atoms with Crippen molar-refractivity contribution >= 4 is 36.2 Å². The minimum Gasteiger partial charge on any atom is -0.171 e. The van der Waals surface area contributed by atoms with Crippen LogP contribution in [0.5, 0.6) is 0 Å². The van der Waals surface area contributed by atoms with E-state index in [0.29, 0.717) is 9.33 Å². The van der Waals surface area contributed by atoms with E-state index in [1.807, 2.05) is 0 Å². The van der Waals surface area contributed by atoms with Gasteiger partial charge in [-0.25, -0.2) is 0 Å². The number of rotatable bonds is 2. The summed E-state index contributed by atoms with van der Waals surface area (Å²) in [6.45, 7) is 4.55. The molecule has 0 aromatic carbocycles. The highest BCUT2D eigenvalue weighted by Crippen LogP contribution is 2.54. The zero-order valence-electron chi connectivity index (χ0n) is 9.53. The van der Waals surface area contributed by atoms with E-state index < -0.39 is 0 Å². The molecule has 2 atom stereocenters. The second kappa shape index (κ2) is 4.97. The van der Waals surface area contributed by atoms with Gasteiger partial charge in [0, 0.05) is 16.8 Å². The normalized spacial score (nSPS) is 34.5.